The number of ether oxygens (including phenoxy) is 1. The van der Waals surface area contributed by atoms with Crippen molar-refractivity contribution in [2.45, 2.75) is 27.2 Å². The second-order valence-electron chi connectivity index (χ2n) is 6.49. The number of aliphatic carboxylic acids is 1. The molecule has 1 heterocycles. The number of aryl methyl sites for hydroxylation is 1. The Balaban J connectivity index is 2.10. The van der Waals surface area contributed by atoms with E-state index < -0.39 is 11.9 Å². The van der Waals surface area contributed by atoms with E-state index in [0.717, 1.165) is 11.4 Å². The van der Waals surface area contributed by atoms with E-state index >= 15 is 0 Å². The van der Waals surface area contributed by atoms with Crippen LogP contribution in [-0.2, 0) is 9.53 Å². The number of carbonyl (C=O) groups excluding carboxylic acids is 1. The Labute approximate surface area is 159 Å². The average molecular weight is 373 g/mol. The smallest absolute Gasteiger partial charge is 0.308 e. The molecule has 1 amide bonds. The minimum absolute atomic E-state index is 0.167. The Kier molecular flexibility index (Phi) is 7.55. The van der Waals surface area contributed by atoms with Gasteiger partial charge in [-0.25, -0.2) is 4.68 Å². The number of amides is 1. The fraction of sp³-hybridized carbons (Fsp3) is 0.450. The fourth-order valence-electron chi connectivity index (χ4n) is 2.68. The van der Waals surface area contributed by atoms with Crippen LogP contribution in [0.5, 0.6) is 0 Å². The predicted octanol–water partition coefficient (Wildman–Crippen LogP) is 2.77. The molecule has 0 spiro atoms. The highest BCUT2D eigenvalue weighted by atomic mass is 16.5. The van der Waals surface area contributed by atoms with Gasteiger partial charge in [-0.2, -0.15) is 5.10 Å². The van der Waals surface area contributed by atoms with Crippen LogP contribution >= 0.6 is 0 Å². The Morgan fingerprint density at radius 2 is 1.96 bits per heavy atom. The zero-order chi connectivity index (χ0) is 19.8. The van der Waals surface area contributed by atoms with E-state index in [4.69, 9.17) is 4.74 Å². The third kappa shape index (κ3) is 5.92. The van der Waals surface area contributed by atoms with E-state index in [9.17, 15) is 14.7 Å². The molecule has 0 aliphatic heterocycles. The molecule has 0 saturated heterocycles. The van der Waals surface area contributed by atoms with E-state index in [0.29, 0.717) is 31.7 Å². The summed E-state index contributed by atoms with van der Waals surface area (Å²) in [6, 6.07) is 9.06. The normalized spacial score (nSPS) is 12.0. The second-order valence-corrected chi connectivity index (χ2v) is 6.49. The predicted molar refractivity (Wildman–Crippen MR) is 102 cm³/mol. The topological polar surface area (TPSA) is 84.7 Å². The van der Waals surface area contributed by atoms with Crippen LogP contribution < -0.4 is 0 Å². The molecule has 1 aromatic carbocycles. The first-order chi connectivity index (χ1) is 12.9. The van der Waals surface area contributed by atoms with E-state index in [-0.39, 0.29) is 12.5 Å². The number of aromatic nitrogens is 2. The van der Waals surface area contributed by atoms with Gasteiger partial charge in [-0.3, -0.25) is 9.59 Å². The molecule has 0 bridgehead atoms. The maximum Gasteiger partial charge on any atom is 0.308 e. The lowest BCUT2D eigenvalue weighted by Gasteiger charge is -2.24. The van der Waals surface area contributed by atoms with Gasteiger partial charge < -0.3 is 14.7 Å². The Morgan fingerprint density at radius 1 is 1.26 bits per heavy atom. The number of benzene rings is 1. The summed E-state index contributed by atoms with van der Waals surface area (Å²) in [6.07, 6.45) is 2.53. The van der Waals surface area contributed by atoms with Gasteiger partial charge in [0.05, 0.1) is 17.3 Å². The molecule has 27 heavy (non-hydrogen) atoms. The molecular weight excluding hydrogens is 346 g/mol. The molecular formula is C20H27N3O4. The van der Waals surface area contributed by atoms with Crippen molar-refractivity contribution in [1.82, 2.24) is 14.7 Å². The second kappa shape index (κ2) is 9.87. The van der Waals surface area contributed by atoms with Gasteiger partial charge in [0.2, 0.25) is 0 Å². The zero-order valence-electron chi connectivity index (χ0n) is 16.1. The van der Waals surface area contributed by atoms with Crippen molar-refractivity contribution in [3.8, 4) is 5.69 Å². The number of carboxylic acid groups (broad SMARTS) is 1. The molecule has 7 nitrogen and oxygen atoms in total. The molecule has 0 aliphatic carbocycles. The van der Waals surface area contributed by atoms with Gasteiger partial charge >= 0.3 is 5.97 Å². The molecule has 2 aromatic rings. The van der Waals surface area contributed by atoms with Crippen LogP contribution in [0.4, 0.5) is 0 Å². The number of carboxylic acids is 1. The number of nitrogens with zero attached hydrogens (tertiary/aromatic N) is 3. The van der Waals surface area contributed by atoms with E-state index in [1.807, 2.05) is 38.2 Å². The number of rotatable bonds is 10. The van der Waals surface area contributed by atoms with Crippen molar-refractivity contribution in [3.05, 3.63) is 47.8 Å². The third-order valence-corrected chi connectivity index (χ3v) is 4.23. The maximum atomic E-state index is 12.9. The lowest BCUT2D eigenvalue weighted by molar-refractivity contribution is -0.141. The van der Waals surface area contributed by atoms with Gasteiger partial charge in [0, 0.05) is 38.1 Å². The Morgan fingerprint density at radius 3 is 2.52 bits per heavy atom. The lowest BCUT2D eigenvalue weighted by atomic mass is 10.1. The highest BCUT2D eigenvalue weighted by Gasteiger charge is 2.21. The van der Waals surface area contributed by atoms with E-state index in [1.54, 1.807) is 28.6 Å². The lowest BCUT2D eigenvalue weighted by Crippen LogP contribution is -2.38. The van der Waals surface area contributed by atoms with Gasteiger partial charge in [-0.1, -0.05) is 6.92 Å². The minimum atomic E-state index is -0.915. The van der Waals surface area contributed by atoms with Crippen LogP contribution in [0.25, 0.3) is 5.69 Å². The van der Waals surface area contributed by atoms with Crippen molar-refractivity contribution in [3.63, 3.8) is 0 Å². The summed E-state index contributed by atoms with van der Waals surface area (Å²) in [7, 11) is 0. The van der Waals surface area contributed by atoms with E-state index in [1.165, 1.54) is 0 Å². The van der Waals surface area contributed by atoms with Crippen LogP contribution in [0.15, 0.2) is 36.5 Å². The van der Waals surface area contributed by atoms with Crippen LogP contribution in [0.1, 0.15) is 36.3 Å². The summed E-state index contributed by atoms with van der Waals surface area (Å²) in [6.45, 7) is 7.22. The van der Waals surface area contributed by atoms with Gasteiger partial charge in [0.1, 0.15) is 0 Å². The van der Waals surface area contributed by atoms with Gasteiger partial charge in [0.15, 0.2) is 0 Å². The fourth-order valence-corrected chi connectivity index (χ4v) is 2.68. The molecule has 1 aromatic heterocycles. The largest absolute Gasteiger partial charge is 0.481 e. The van der Waals surface area contributed by atoms with Crippen LogP contribution in [0, 0.1) is 12.8 Å². The van der Waals surface area contributed by atoms with Crippen LogP contribution in [0.3, 0.4) is 0 Å². The molecule has 0 radical (unpaired) electrons. The summed E-state index contributed by atoms with van der Waals surface area (Å²) < 4.78 is 7.07. The molecule has 7 heteroatoms. The number of hydrogen-bond donors (Lipinski definition) is 1. The minimum Gasteiger partial charge on any atom is -0.481 e. The van der Waals surface area contributed by atoms with Crippen LogP contribution in [0.2, 0.25) is 0 Å². The van der Waals surface area contributed by atoms with Gasteiger partial charge in [0.25, 0.3) is 5.91 Å². The number of hydrogen-bond acceptors (Lipinski definition) is 4. The standard InChI is InChI=1S/C20H27N3O4/c1-4-27-13-5-11-22(14-15(2)20(25)26)19(24)17-6-8-18(9-7-17)23-12-10-16(3)21-23/h6-10,12,15H,4-5,11,13-14H2,1-3H3,(H,25,26). The van der Waals surface area contributed by atoms with Crippen molar-refractivity contribution < 1.29 is 19.4 Å². The Hall–Kier alpha value is -2.67. The highest BCUT2D eigenvalue weighted by molar-refractivity contribution is 5.94. The quantitative estimate of drug-likeness (QED) is 0.647. The third-order valence-electron chi connectivity index (χ3n) is 4.23. The first-order valence-electron chi connectivity index (χ1n) is 9.15. The van der Waals surface area contributed by atoms with Crippen molar-refractivity contribution in [1.29, 1.82) is 0 Å². The molecule has 0 fully saturated rings. The molecule has 1 unspecified atom stereocenters. The maximum absolute atomic E-state index is 12.9. The van der Waals surface area contributed by atoms with Gasteiger partial charge in [-0.15, -0.1) is 0 Å². The summed E-state index contributed by atoms with van der Waals surface area (Å²) in [5, 5.41) is 13.5. The Bertz CT molecular complexity index is 755. The molecule has 146 valence electrons. The zero-order valence-corrected chi connectivity index (χ0v) is 16.1. The SMILES string of the molecule is CCOCCCN(CC(C)C(=O)O)C(=O)c1ccc(-n2ccc(C)n2)cc1. The highest BCUT2D eigenvalue weighted by Crippen LogP contribution is 2.13. The van der Waals surface area contributed by atoms with Crippen molar-refractivity contribution >= 4 is 11.9 Å². The first kappa shape index (κ1) is 20.6. The monoisotopic (exact) mass is 373 g/mol. The summed E-state index contributed by atoms with van der Waals surface area (Å²) >= 11 is 0. The summed E-state index contributed by atoms with van der Waals surface area (Å²) in [4.78, 5) is 25.7. The summed E-state index contributed by atoms with van der Waals surface area (Å²) in [5.41, 5.74) is 2.30. The van der Waals surface area contributed by atoms with Crippen molar-refractivity contribution in [2.75, 3.05) is 26.3 Å². The molecule has 0 saturated carbocycles. The van der Waals surface area contributed by atoms with E-state index in [2.05, 4.69) is 5.10 Å². The molecule has 1 N–H and O–H groups in total. The summed E-state index contributed by atoms with van der Waals surface area (Å²) in [5.74, 6) is -1.72. The first-order valence-corrected chi connectivity index (χ1v) is 9.15. The molecule has 2 rings (SSSR count). The average Bonchev–Trinajstić information content (AvgIpc) is 3.10. The molecule has 1 atom stereocenters. The van der Waals surface area contributed by atoms with Gasteiger partial charge in [-0.05, 0) is 50.6 Å². The number of carbonyl (C=O) groups is 2. The van der Waals surface area contributed by atoms with Crippen molar-refractivity contribution in [2.24, 2.45) is 5.92 Å². The van der Waals surface area contributed by atoms with Crippen LogP contribution in [-0.4, -0.2) is 58.0 Å². The molecule has 0 aliphatic rings.